The Bertz CT molecular complexity index is 723. The van der Waals surface area contributed by atoms with E-state index in [0.29, 0.717) is 6.42 Å². The Morgan fingerprint density at radius 1 is 1.05 bits per heavy atom. The molecule has 0 bridgehead atoms. The maximum absolute atomic E-state index is 10.9. The molecule has 3 nitrogen and oxygen atoms in total. The van der Waals surface area contributed by atoms with Gasteiger partial charge in [-0.15, -0.1) is 6.42 Å². The number of rotatable bonds is 3. The molecule has 0 fully saturated rings. The van der Waals surface area contributed by atoms with Crippen LogP contribution in [0, 0.1) is 12.3 Å². The molecule has 0 spiro atoms. The first kappa shape index (κ1) is 13.3. The summed E-state index contributed by atoms with van der Waals surface area (Å²) in [6.45, 7) is 0. The molecule has 0 aliphatic heterocycles. The zero-order valence-corrected chi connectivity index (χ0v) is 10.9. The molecule has 96 valence electrons. The first-order valence-electron chi connectivity index (χ1n) is 5.61. The van der Waals surface area contributed by atoms with E-state index in [2.05, 4.69) is 5.92 Å². The monoisotopic (exact) mass is 272 g/mol. The molecule has 2 aromatic rings. The molecular weight excluding hydrogens is 260 g/mol. The lowest BCUT2D eigenvalue weighted by molar-refractivity contribution is 0.483. The Morgan fingerprint density at radius 2 is 1.74 bits per heavy atom. The summed E-state index contributed by atoms with van der Waals surface area (Å²) >= 11 is 0. The minimum absolute atomic E-state index is 0.103. The van der Waals surface area contributed by atoms with Gasteiger partial charge in [-0.3, -0.25) is 4.55 Å². The van der Waals surface area contributed by atoms with E-state index in [1.54, 1.807) is 12.1 Å². The highest BCUT2D eigenvalue weighted by Crippen LogP contribution is 2.14. The largest absolute Gasteiger partial charge is 0.294 e. The van der Waals surface area contributed by atoms with Crippen LogP contribution in [0.5, 0.6) is 0 Å². The van der Waals surface area contributed by atoms with E-state index < -0.39 is 10.1 Å². The lowest BCUT2D eigenvalue weighted by Gasteiger charge is -2.04. The van der Waals surface area contributed by atoms with Crippen LogP contribution in [-0.4, -0.2) is 13.0 Å². The van der Waals surface area contributed by atoms with Gasteiger partial charge in [-0.1, -0.05) is 30.2 Å². The fourth-order valence-corrected chi connectivity index (χ4v) is 2.27. The Morgan fingerprint density at radius 3 is 2.32 bits per heavy atom. The Labute approximate surface area is 112 Å². The number of hydrogen-bond acceptors (Lipinski definition) is 2. The summed E-state index contributed by atoms with van der Waals surface area (Å²) in [5.41, 5.74) is 2.81. The van der Waals surface area contributed by atoms with Crippen LogP contribution in [0.3, 0.4) is 0 Å². The van der Waals surface area contributed by atoms with Gasteiger partial charge in [-0.05, 0) is 41.8 Å². The molecular formula is C15H12O3S. The van der Waals surface area contributed by atoms with Gasteiger partial charge < -0.3 is 0 Å². The summed E-state index contributed by atoms with van der Waals surface area (Å²) in [5.74, 6) is 2.57. The van der Waals surface area contributed by atoms with Crippen molar-refractivity contribution in [1.29, 1.82) is 0 Å². The molecule has 0 atom stereocenters. The molecule has 2 aromatic carbocycles. The fourth-order valence-electron chi connectivity index (χ4n) is 1.79. The van der Waals surface area contributed by atoms with Crippen LogP contribution in [0.4, 0.5) is 0 Å². The van der Waals surface area contributed by atoms with Crippen LogP contribution in [0.25, 0.3) is 0 Å². The molecule has 2 rings (SSSR count). The zero-order chi connectivity index (χ0) is 13.9. The van der Waals surface area contributed by atoms with Crippen molar-refractivity contribution in [3.8, 4) is 12.3 Å². The molecule has 0 heterocycles. The molecule has 0 unspecified atom stereocenters. The van der Waals surface area contributed by atoms with Gasteiger partial charge in [-0.25, -0.2) is 0 Å². The Kier molecular flexibility index (Phi) is 3.70. The first-order chi connectivity index (χ1) is 8.99. The van der Waals surface area contributed by atoms with Crippen LogP contribution in [-0.2, 0) is 16.5 Å². The average Bonchev–Trinajstić information content (AvgIpc) is 2.38. The molecule has 4 heteroatoms. The SMILES string of the molecule is C#Cc1cccc(Cc2ccc(S(=O)(=O)O)cc2)c1. The topological polar surface area (TPSA) is 54.4 Å². The van der Waals surface area contributed by atoms with Gasteiger partial charge in [0.25, 0.3) is 10.1 Å². The van der Waals surface area contributed by atoms with Crippen LogP contribution >= 0.6 is 0 Å². The van der Waals surface area contributed by atoms with Crippen molar-refractivity contribution < 1.29 is 13.0 Å². The minimum atomic E-state index is -4.13. The third-order valence-electron chi connectivity index (χ3n) is 2.72. The summed E-state index contributed by atoms with van der Waals surface area (Å²) in [6, 6.07) is 13.7. The van der Waals surface area contributed by atoms with Gasteiger partial charge in [0.15, 0.2) is 0 Å². The first-order valence-corrected chi connectivity index (χ1v) is 7.05. The van der Waals surface area contributed by atoms with E-state index in [0.717, 1.165) is 16.7 Å². The molecule has 0 radical (unpaired) electrons. The Balaban J connectivity index is 2.22. The minimum Gasteiger partial charge on any atom is -0.282 e. The summed E-state index contributed by atoms with van der Waals surface area (Å²) in [7, 11) is -4.13. The van der Waals surface area contributed by atoms with E-state index >= 15 is 0 Å². The average molecular weight is 272 g/mol. The fraction of sp³-hybridized carbons (Fsp3) is 0.0667. The molecule has 0 aliphatic rings. The number of benzene rings is 2. The third kappa shape index (κ3) is 3.44. The van der Waals surface area contributed by atoms with Gasteiger partial charge in [0.1, 0.15) is 0 Å². The Hall–Kier alpha value is -2.09. The van der Waals surface area contributed by atoms with Gasteiger partial charge in [-0.2, -0.15) is 8.42 Å². The predicted molar refractivity (Wildman–Crippen MR) is 73.4 cm³/mol. The lowest BCUT2D eigenvalue weighted by Crippen LogP contribution is -1.98. The predicted octanol–water partition coefficient (Wildman–Crippen LogP) is 2.51. The summed E-state index contributed by atoms with van der Waals surface area (Å²) < 4.78 is 30.7. The number of hydrogen-bond donors (Lipinski definition) is 1. The summed E-state index contributed by atoms with van der Waals surface area (Å²) in [4.78, 5) is -0.103. The van der Waals surface area contributed by atoms with E-state index in [4.69, 9.17) is 11.0 Å². The smallest absolute Gasteiger partial charge is 0.282 e. The van der Waals surface area contributed by atoms with Crippen molar-refractivity contribution in [2.45, 2.75) is 11.3 Å². The van der Waals surface area contributed by atoms with Crippen LogP contribution in [0.1, 0.15) is 16.7 Å². The maximum atomic E-state index is 10.9. The van der Waals surface area contributed by atoms with E-state index in [-0.39, 0.29) is 4.90 Å². The normalized spacial score (nSPS) is 10.9. The van der Waals surface area contributed by atoms with Crippen molar-refractivity contribution in [2.24, 2.45) is 0 Å². The number of terminal acetylenes is 1. The highest BCUT2D eigenvalue weighted by molar-refractivity contribution is 7.85. The second-order valence-electron chi connectivity index (χ2n) is 4.14. The molecule has 1 N–H and O–H groups in total. The van der Waals surface area contributed by atoms with Crippen molar-refractivity contribution >= 4 is 10.1 Å². The maximum Gasteiger partial charge on any atom is 0.294 e. The molecule has 19 heavy (non-hydrogen) atoms. The van der Waals surface area contributed by atoms with Gasteiger partial charge in [0.05, 0.1) is 4.90 Å². The molecule has 0 aromatic heterocycles. The van der Waals surface area contributed by atoms with Crippen molar-refractivity contribution in [2.75, 3.05) is 0 Å². The zero-order valence-electron chi connectivity index (χ0n) is 10.1. The highest BCUT2D eigenvalue weighted by atomic mass is 32.2. The van der Waals surface area contributed by atoms with E-state index in [9.17, 15) is 8.42 Å². The van der Waals surface area contributed by atoms with E-state index in [1.807, 2.05) is 24.3 Å². The molecule has 0 saturated carbocycles. The van der Waals surface area contributed by atoms with Gasteiger partial charge in [0.2, 0.25) is 0 Å². The van der Waals surface area contributed by atoms with Crippen molar-refractivity contribution in [3.05, 3.63) is 65.2 Å². The van der Waals surface area contributed by atoms with Crippen LogP contribution in [0.15, 0.2) is 53.4 Å². The van der Waals surface area contributed by atoms with Gasteiger partial charge >= 0.3 is 0 Å². The molecule has 0 amide bonds. The van der Waals surface area contributed by atoms with E-state index in [1.165, 1.54) is 12.1 Å². The van der Waals surface area contributed by atoms with Crippen LogP contribution < -0.4 is 0 Å². The molecule has 0 aliphatic carbocycles. The lowest BCUT2D eigenvalue weighted by atomic mass is 10.0. The second-order valence-corrected chi connectivity index (χ2v) is 5.56. The van der Waals surface area contributed by atoms with Crippen molar-refractivity contribution in [1.82, 2.24) is 0 Å². The van der Waals surface area contributed by atoms with Crippen LogP contribution in [0.2, 0.25) is 0 Å². The third-order valence-corrected chi connectivity index (χ3v) is 3.59. The summed E-state index contributed by atoms with van der Waals surface area (Å²) in [6.07, 6.45) is 5.99. The quantitative estimate of drug-likeness (QED) is 0.690. The van der Waals surface area contributed by atoms with Gasteiger partial charge in [0, 0.05) is 5.56 Å². The summed E-state index contributed by atoms with van der Waals surface area (Å²) in [5, 5.41) is 0. The van der Waals surface area contributed by atoms with Crippen molar-refractivity contribution in [3.63, 3.8) is 0 Å². The molecule has 0 saturated heterocycles. The highest BCUT2D eigenvalue weighted by Gasteiger charge is 2.08. The standard InChI is InChI=1S/C15H12O3S/c1-2-12-4-3-5-14(10-12)11-13-6-8-15(9-7-13)19(16,17)18/h1,3-10H,11H2,(H,16,17,18). The second kappa shape index (κ2) is 5.27.